The molecule has 0 fully saturated rings. The molecule has 0 bridgehead atoms. The summed E-state index contributed by atoms with van der Waals surface area (Å²) in [7, 11) is 0. The van der Waals surface area contributed by atoms with Crippen LogP contribution < -0.4 is 17.2 Å². The number of hydrogen-bond acceptors (Lipinski definition) is 9. The van der Waals surface area contributed by atoms with Crippen molar-refractivity contribution in [2.24, 2.45) is 17.2 Å². The Hall–Kier alpha value is -3.66. The zero-order valence-electron chi connectivity index (χ0n) is 21.1. The Morgan fingerprint density at radius 2 is 1.19 bits per heavy atom. The highest BCUT2D eigenvalue weighted by atomic mass is 16.1. The Balaban J connectivity index is 0.000000270. The Morgan fingerprint density at radius 1 is 0.639 bits per heavy atom. The number of carbonyl (C=O) groups is 3. The molecule has 0 spiro atoms. The van der Waals surface area contributed by atoms with Gasteiger partial charge in [0.05, 0.1) is 18.1 Å². The average Bonchev–Trinajstić information content (AvgIpc) is 2.86. The molecule has 0 amide bonds. The molecule has 3 atom stereocenters. The smallest absolute Gasteiger partial charge is 0.146 e. The molecule has 192 valence electrons. The Labute approximate surface area is 212 Å². The lowest BCUT2D eigenvalue weighted by molar-refractivity contribution is -0.119. The predicted molar refractivity (Wildman–Crippen MR) is 140 cm³/mol. The Morgan fingerprint density at radius 3 is 1.67 bits per heavy atom. The first-order valence-corrected chi connectivity index (χ1v) is 11.6. The minimum atomic E-state index is -0.417. The van der Waals surface area contributed by atoms with Gasteiger partial charge in [0.2, 0.25) is 0 Å². The molecule has 0 aromatic carbocycles. The van der Waals surface area contributed by atoms with Crippen LogP contribution >= 0.6 is 0 Å². The first-order valence-electron chi connectivity index (χ1n) is 11.6. The number of carbonyl (C=O) groups excluding carboxylic acids is 3. The van der Waals surface area contributed by atoms with Crippen molar-refractivity contribution in [3.8, 4) is 0 Å². The molecular formula is C27H36N6O3. The average molecular weight is 493 g/mol. The molecule has 3 aromatic heterocycles. The number of rotatable bonds is 9. The van der Waals surface area contributed by atoms with E-state index in [-0.39, 0.29) is 23.4 Å². The fraction of sp³-hybridized carbons (Fsp3) is 0.333. The largest absolute Gasteiger partial charge is 0.321 e. The van der Waals surface area contributed by atoms with Gasteiger partial charge in [-0.15, -0.1) is 0 Å². The van der Waals surface area contributed by atoms with Gasteiger partial charge in [0.25, 0.3) is 0 Å². The summed E-state index contributed by atoms with van der Waals surface area (Å²) >= 11 is 0. The molecule has 0 aliphatic heterocycles. The zero-order valence-corrected chi connectivity index (χ0v) is 21.1. The molecule has 3 rings (SSSR count). The van der Waals surface area contributed by atoms with Crippen LogP contribution in [0.3, 0.4) is 0 Å². The van der Waals surface area contributed by atoms with Gasteiger partial charge in [-0.3, -0.25) is 29.3 Å². The van der Waals surface area contributed by atoms with Crippen LogP contribution in [0, 0.1) is 0 Å². The molecule has 9 nitrogen and oxygen atoms in total. The number of nitrogens with zero attached hydrogens (tertiary/aromatic N) is 3. The van der Waals surface area contributed by atoms with Crippen LogP contribution in [0.25, 0.3) is 0 Å². The molecule has 0 aliphatic rings. The summed E-state index contributed by atoms with van der Waals surface area (Å²) in [5, 5.41) is 0. The van der Waals surface area contributed by atoms with Crippen molar-refractivity contribution in [2.75, 3.05) is 0 Å². The van der Waals surface area contributed by atoms with Crippen molar-refractivity contribution in [1.82, 2.24) is 15.0 Å². The van der Waals surface area contributed by atoms with Gasteiger partial charge in [0.1, 0.15) is 17.3 Å². The van der Waals surface area contributed by atoms with E-state index in [2.05, 4.69) is 15.0 Å². The van der Waals surface area contributed by atoms with E-state index in [1.54, 1.807) is 31.0 Å². The molecule has 9 heteroatoms. The van der Waals surface area contributed by atoms with E-state index in [9.17, 15) is 14.4 Å². The monoisotopic (exact) mass is 492 g/mol. The molecule has 0 aliphatic carbocycles. The number of aromatic nitrogens is 3. The van der Waals surface area contributed by atoms with E-state index < -0.39 is 12.1 Å². The van der Waals surface area contributed by atoms with Gasteiger partial charge in [0, 0.05) is 43.1 Å². The van der Waals surface area contributed by atoms with E-state index in [0.29, 0.717) is 19.3 Å². The van der Waals surface area contributed by atoms with Crippen LogP contribution in [0.2, 0.25) is 0 Å². The number of pyridine rings is 3. The summed E-state index contributed by atoms with van der Waals surface area (Å²) in [4.78, 5) is 44.3. The third-order valence-electron chi connectivity index (χ3n) is 5.11. The lowest BCUT2D eigenvalue weighted by atomic mass is 10.1. The molecule has 36 heavy (non-hydrogen) atoms. The van der Waals surface area contributed by atoms with Gasteiger partial charge < -0.3 is 17.2 Å². The number of Topliss-reactive ketones (excluding diaryl/α,β-unsaturated/α-hetero) is 3. The number of nitrogens with two attached hydrogens (primary N) is 3. The SMILES string of the molecule is CC(=O)[C@@H](N)Cc1ccccn1.CC(=O)[C@@H](N)Cc1cccnc1.CC(=O)[C@@H](N)Cc1ccncc1. The summed E-state index contributed by atoms with van der Waals surface area (Å²) in [6.45, 7) is 4.50. The Kier molecular flexibility index (Phi) is 14.2. The summed E-state index contributed by atoms with van der Waals surface area (Å²) in [6, 6.07) is 11.9. The lowest BCUT2D eigenvalue weighted by Crippen LogP contribution is -2.30. The maximum atomic E-state index is 10.8. The number of ketones is 3. The molecule has 6 N–H and O–H groups in total. The fourth-order valence-electron chi connectivity index (χ4n) is 2.72. The lowest BCUT2D eigenvalue weighted by Gasteiger charge is -2.06. The standard InChI is InChI=1S/3C9H12N2O/c1-7(12)9(10)6-8-2-4-11-5-3-8;1-7(12)9(10)5-8-3-2-4-11-6-8;1-7(12)9(10)6-8-4-2-3-5-11-8/h2-5,9H,6,10H2,1H3;2-4,6,9H,5,10H2,1H3;2-5,9H,6,10H2,1H3/t3*9-/m000/s1. The molecular weight excluding hydrogens is 456 g/mol. The van der Waals surface area contributed by atoms with Crippen LogP contribution in [0.15, 0.2) is 73.4 Å². The third-order valence-corrected chi connectivity index (χ3v) is 5.11. The highest BCUT2D eigenvalue weighted by Crippen LogP contribution is 2.01. The first-order chi connectivity index (χ1) is 17.1. The minimum Gasteiger partial charge on any atom is -0.321 e. The third kappa shape index (κ3) is 13.3. The van der Waals surface area contributed by atoms with E-state index in [0.717, 1.165) is 16.8 Å². The van der Waals surface area contributed by atoms with Crippen molar-refractivity contribution in [3.05, 3.63) is 90.3 Å². The minimum absolute atomic E-state index is 0.000605. The normalized spacial score (nSPS) is 12.5. The van der Waals surface area contributed by atoms with Gasteiger partial charge in [0.15, 0.2) is 0 Å². The molecule has 0 unspecified atom stereocenters. The van der Waals surface area contributed by atoms with E-state index in [1.165, 1.54) is 20.8 Å². The van der Waals surface area contributed by atoms with Crippen molar-refractivity contribution >= 4 is 17.3 Å². The van der Waals surface area contributed by atoms with Gasteiger partial charge in [-0.2, -0.15) is 0 Å². The highest BCUT2D eigenvalue weighted by Gasteiger charge is 2.09. The summed E-state index contributed by atoms with van der Waals surface area (Å²) in [6.07, 6.45) is 10.2. The van der Waals surface area contributed by atoms with E-state index in [4.69, 9.17) is 17.2 Å². The predicted octanol–water partition coefficient (Wildman–Crippen LogP) is 1.62. The maximum absolute atomic E-state index is 10.8. The van der Waals surface area contributed by atoms with E-state index in [1.807, 2.05) is 42.5 Å². The van der Waals surface area contributed by atoms with Crippen LogP contribution in [0.5, 0.6) is 0 Å². The summed E-state index contributed by atoms with van der Waals surface area (Å²) < 4.78 is 0. The van der Waals surface area contributed by atoms with Gasteiger partial charge in [-0.1, -0.05) is 12.1 Å². The van der Waals surface area contributed by atoms with Crippen molar-refractivity contribution < 1.29 is 14.4 Å². The first kappa shape index (κ1) is 30.4. The van der Waals surface area contributed by atoms with E-state index >= 15 is 0 Å². The summed E-state index contributed by atoms with van der Waals surface area (Å²) in [5.74, 6) is 0.0336. The Bertz CT molecular complexity index is 912. The van der Waals surface area contributed by atoms with Crippen LogP contribution in [0.4, 0.5) is 0 Å². The topological polar surface area (TPSA) is 168 Å². The molecule has 3 aromatic rings. The second-order valence-corrected chi connectivity index (χ2v) is 8.30. The summed E-state index contributed by atoms with van der Waals surface area (Å²) in [5.41, 5.74) is 19.6. The highest BCUT2D eigenvalue weighted by molar-refractivity contribution is 5.82. The molecule has 0 saturated carbocycles. The van der Waals surface area contributed by atoms with Crippen LogP contribution in [0.1, 0.15) is 37.6 Å². The quantitative estimate of drug-likeness (QED) is 0.402. The molecule has 0 radical (unpaired) electrons. The molecule has 0 saturated heterocycles. The van der Waals surface area contributed by atoms with Crippen LogP contribution in [-0.4, -0.2) is 50.4 Å². The van der Waals surface area contributed by atoms with Crippen molar-refractivity contribution in [3.63, 3.8) is 0 Å². The second kappa shape index (κ2) is 16.9. The van der Waals surface area contributed by atoms with Crippen molar-refractivity contribution in [2.45, 2.75) is 58.2 Å². The fourth-order valence-corrected chi connectivity index (χ4v) is 2.72. The number of hydrogen-bond donors (Lipinski definition) is 3. The van der Waals surface area contributed by atoms with Crippen LogP contribution in [-0.2, 0) is 33.6 Å². The van der Waals surface area contributed by atoms with Gasteiger partial charge in [-0.05, 0) is 75.1 Å². The molecule has 3 heterocycles. The van der Waals surface area contributed by atoms with Gasteiger partial charge in [-0.25, -0.2) is 0 Å². The zero-order chi connectivity index (χ0) is 26.9. The second-order valence-electron chi connectivity index (χ2n) is 8.30. The van der Waals surface area contributed by atoms with Gasteiger partial charge >= 0.3 is 0 Å². The maximum Gasteiger partial charge on any atom is 0.146 e. The van der Waals surface area contributed by atoms with Crippen molar-refractivity contribution in [1.29, 1.82) is 0 Å².